The van der Waals surface area contributed by atoms with Gasteiger partial charge in [0.2, 0.25) is 0 Å². The van der Waals surface area contributed by atoms with Crippen LogP contribution in [-0.2, 0) is 0 Å². The highest BCUT2D eigenvalue weighted by Gasteiger charge is 2.27. The third kappa shape index (κ3) is 6.71. The SMILES string of the molecule is N#Cc1cnc(C(=O)O)cc1N1CCC(n2c(=O)[nH]c3ncccc32)CC1.N#Cc1cnc(N2CCC(n3c(=O)[nH]c4ncccc43)CC2)cc1C(=O)O. The maximum Gasteiger partial charge on any atom is 0.354 e. The Morgan fingerprint density at radius 3 is 1.72 bits per heavy atom. The summed E-state index contributed by atoms with van der Waals surface area (Å²) in [6.45, 7) is 2.45. The van der Waals surface area contributed by atoms with Crippen LogP contribution in [0.1, 0.15) is 69.7 Å². The van der Waals surface area contributed by atoms with Crippen LogP contribution < -0.4 is 21.2 Å². The minimum atomic E-state index is -1.15. The normalized spacial score (nSPS) is 15.0. The Hall–Kier alpha value is -7.34. The van der Waals surface area contributed by atoms with Gasteiger partial charge in [0, 0.05) is 63.1 Å². The first-order valence-corrected chi connectivity index (χ1v) is 17.0. The zero-order chi connectivity index (χ0) is 37.9. The molecule has 0 spiro atoms. The van der Waals surface area contributed by atoms with Crippen LogP contribution in [0.3, 0.4) is 0 Å². The van der Waals surface area contributed by atoms with Gasteiger partial charge in [-0.3, -0.25) is 19.1 Å². The molecule has 6 aromatic rings. The predicted octanol–water partition coefficient (Wildman–Crippen LogP) is 3.06. The number of aromatic nitrogens is 8. The van der Waals surface area contributed by atoms with E-state index in [-0.39, 0.29) is 40.3 Å². The average molecular weight is 729 g/mol. The van der Waals surface area contributed by atoms with Crippen LogP contribution >= 0.6 is 0 Å². The van der Waals surface area contributed by atoms with E-state index in [9.17, 15) is 29.5 Å². The standard InChI is InChI=1S/2C18H16N6O3/c19-9-11-10-21-13(17(25)26)8-15(11)23-6-3-12(4-7-23)24-14-2-1-5-20-16(14)22-18(24)27;19-9-11-10-21-15(8-13(11)17(25)26)23-6-3-12(4-7-23)24-14-2-1-5-20-16(14)22-18(24)27/h2*1-2,5,8,10,12H,3-4,6-7H2,(H,25,26)(H,20,22,27). The number of carboxylic acid groups (broad SMARTS) is 2. The lowest BCUT2D eigenvalue weighted by Gasteiger charge is -2.34. The number of aromatic carboxylic acids is 2. The minimum absolute atomic E-state index is 0.0121. The van der Waals surface area contributed by atoms with Gasteiger partial charge in [0.1, 0.15) is 23.7 Å². The van der Waals surface area contributed by atoms with Gasteiger partial charge < -0.3 is 20.0 Å². The molecule has 0 radical (unpaired) electrons. The molecule has 0 bridgehead atoms. The van der Waals surface area contributed by atoms with Crippen molar-refractivity contribution in [3.63, 3.8) is 0 Å². The van der Waals surface area contributed by atoms with Gasteiger partial charge in [0.25, 0.3) is 0 Å². The van der Waals surface area contributed by atoms with E-state index in [1.54, 1.807) is 33.7 Å². The maximum atomic E-state index is 12.3. The fraction of sp³-hybridized carbons (Fsp3) is 0.278. The Kier molecular flexibility index (Phi) is 9.56. The molecule has 2 aliphatic heterocycles. The summed E-state index contributed by atoms with van der Waals surface area (Å²) in [5, 5.41) is 36.8. The van der Waals surface area contributed by atoms with Gasteiger partial charge in [-0.15, -0.1) is 0 Å². The maximum absolute atomic E-state index is 12.3. The Morgan fingerprint density at radius 2 is 1.22 bits per heavy atom. The lowest BCUT2D eigenvalue weighted by Crippen LogP contribution is -2.37. The highest BCUT2D eigenvalue weighted by atomic mass is 16.4. The van der Waals surface area contributed by atoms with Gasteiger partial charge in [-0.05, 0) is 62.1 Å². The zero-order valence-corrected chi connectivity index (χ0v) is 28.6. The molecule has 4 N–H and O–H groups in total. The molecule has 0 saturated carbocycles. The zero-order valence-electron chi connectivity index (χ0n) is 28.6. The lowest BCUT2D eigenvalue weighted by molar-refractivity contribution is 0.0682. The quantitative estimate of drug-likeness (QED) is 0.192. The van der Waals surface area contributed by atoms with Gasteiger partial charge in [-0.1, -0.05) is 0 Å². The molecular weight excluding hydrogens is 696 g/mol. The molecule has 0 aliphatic carbocycles. The van der Waals surface area contributed by atoms with Gasteiger partial charge >= 0.3 is 23.3 Å². The van der Waals surface area contributed by atoms with Crippen molar-refractivity contribution in [3.8, 4) is 12.1 Å². The minimum Gasteiger partial charge on any atom is -0.478 e. The third-order valence-electron chi connectivity index (χ3n) is 9.77. The van der Waals surface area contributed by atoms with Gasteiger partial charge in [0.15, 0.2) is 11.3 Å². The van der Waals surface area contributed by atoms with Crippen molar-refractivity contribution >= 4 is 45.8 Å². The van der Waals surface area contributed by atoms with Crippen LogP contribution in [-0.4, -0.2) is 87.4 Å². The fourth-order valence-corrected chi connectivity index (χ4v) is 7.15. The van der Waals surface area contributed by atoms with E-state index < -0.39 is 11.9 Å². The second kappa shape index (κ2) is 14.7. The second-order valence-corrected chi connectivity index (χ2v) is 12.8. The van der Waals surface area contributed by atoms with E-state index in [4.69, 9.17) is 10.4 Å². The average Bonchev–Trinajstić information content (AvgIpc) is 3.72. The fourth-order valence-electron chi connectivity index (χ4n) is 7.15. The predicted molar refractivity (Wildman–Crippen MR) is 193 cm³/mol. The molecule has 2 aliphatic rings. The second-order valence-electron chi connectivity index (χ2n) is 12.8. The van der Waals surface area contributed by atoms with E-state index in [2.05, 4.69) is 36.0 Å². The highest BCUT2D eigenvalue weighted by Crippen LogP contribution is 2.30. The molecular formula is C36H32N12O6. The Bertz CT molecular complexity index is 2600. The van der Waals surface area contributed by atoms with Crippen LogP contribution in [0, 0.1) is 22.7 Å². The van der Waals surface area contributed by atoms with Crippen molar-refractivity contribution in [1.29, 1.82) is 10.5 Å². The van der Waals surface area contributed by atoms with E-state index in [1.807, 2.05) is 28.0 Å². The van der Waals surface area contributed by atoms with E-state index in [0.717, 1.165) is 11.0 Å². The summed E-state index contributed by atoms with van der Waals surface area (Å²) < 4.78 is 3.48. The molecule has 8 heterocycles. The molecule has 54 heavy (non-hydrogen) atoms. The largest absolute Gasteiger partial charge is 0.478 e. The van der Waals surface area contributed by atoms with Crippen LogP contribution in [0.2, 0.25) is 0 Å². The molecule has 0 aromatic carbocycles. The Labute approximate surface area is 305 Å². The number of anilines is 2. The first-order chi connectivity index (χ1) is 26.2. The highest BCUT2D eigenvalue weighted by molar-refractivity contribution is 5.91. The number of aromatic amines is 2. The van der Waals surface area contributed by atoms with E-state index >= 15 is 0 Å². The first-order valence-electron chi connectivity index (χ1n) is 17.0. The number of hydrogen-bond acceptors (Lipinski definition) is 12. The molecule has 8 rings (SSSR count). The van der Waals surface area contributed by atoms with Crippen molar-refractivity contribution in [2.24, 2.45) is 0 Å². The number of hydrogen-bond donors (Lipinski definition) is 4. The number of fused-ring (bicyclic) bond motifs is 2. The van der Waals surface area contributed by atoms with Gasteiger partial charge in [-0.2, -0.15) is 10.5 Å². The van der Waals surface area contributed by atoms with Crippen LogP contribution in [0.15, 0.2) is 70.8 Å². The number of carboxylic acids is 2. The molecule has 0 unspecified atom stereocenters. The van der Waals surface area contributed by atoms with Crippen LogP contribution in [0.5, 0.6) is 0 Å². The van der Waals surface area contributed by atoms with Crippen molar-refractivity contribution in [2.45, 2.75) is 37.8 Å². The summed E-state index contributed by atoms with van der Waals surface area (Å²) in [5.74, 6) is -1.76. The lowest BCUT2D eigenvalue weighted by atomic mass is 10.0. The molecule has 18 heteroatoms. The molecule has 6 aromatic heterocycles. The topological polar surface area (TPSA) is 256 Å². The summed E-state index contributed by atoms with van der Waals surface area (Å²) in [4.78, 5) is 73.1. The monoisotopic (exact) mass is 728 g/mol. The summed E-state index contributed by atoms with van der Waals surface area (Å²) in [6, 6.07) is 14.2. The number of nitrogens with zero attached hydrogens (tertiary/aromatic N) is 10. The number of piperidine rings is 2. The number of nitrogens with one attached hydrogen (secondary N) is 2. The Morgan fingerprint density at radius 1 is 0.704 bits per heavy atom. The number of rotatable bonds is 6. The number of imidazole rings is 2. The van der Waals surface area contributed by atoms with E-state index in [1.165, 1.54) is 24.5 Å². The summed E-state index contributed by atoms with van der Waals surface area (Å²) in [7, 11) is 0. The van der Waals surface area contributed by atoms with Crippen molar-refractivity contribution in [1.82, 2.24) is 39.0 Å². The summed E-state index contributed by atoms with van der Waals surface area (Å²) in [6.07, 6.45) is 8.67. The van der Waals surface area contributed by atoms with Crippen molar-refractivity contribution in [3.05, 3.63) is 105 Å². The molecule has 18 nitrogen and oxygen atoms in total. The summed E-state index contributed by atoms with van der Waals surface area (Å²) >= 11 is 0. The first kappa shape index (κ1) is 35.1. The van der Waals surface area contributed by atoms with Crippen molar-refractivity contribution in [2.75, 3.05) is 36.0 Å². The number of carbonyl (C=O) groups is 2. The molecule has 272 valence electrons. The molecule has 2 saturated heterocycles. The van der Waals surface area contributed by atoms with Gasteiger partial charge in [-0.25, -0.2) is 39.1 Å². The van der Waals surface area contributed by atoms with E-state index in [0.29, 0.717) is 80.2 Å². The number of pyridine rings is 4. The molecule has 0 atom stereocenters. The van der Waals surface area contributed by atoms with Crippen LogP contribution in [0.25, 0.3) is 22.3 Å². The van der Waals surface area contributed by atoms with Gasteiger partial charge in [0.05, 0.1) is 33.4 Å². The number of nitriles is 2. The Balaban J connectivity index is 0.000000167. The third-order valence-corrected chi connectivity index (χ3v) is 9.77. The van der Waals surface area contributed by atoms with Crippen LogP contribution in [0.4, 0.5) is 11.5 Å². The van der Waals surface area contributed by atoms with Crippen molar-refractivity contribution < 1.29 is 19.8 Å². The summed E-state index contributed by atoms with van der Waals surface area (Å²) in [5.41, 5.74) is 3.14. The molecule has 2 fully saturated rings. The molecule has 0 amide bonds. The number of H-pyrrole nitrogens is 2. The smallest absolute Gasteiger partial charge is 0.354 e.